The maximum atomic E-state index is 5.20. The summed E-state index contributed by atoms with van der Waals surface area (Å²) in [5, 5.41) is 3.33. The van der Waals surface area contributed by atoms with Crippen LogP contribution in [0.5, 0.6) is 0 Å². The summed E-state index contributed by atoms with van der Waals surface area (Å²) >= 11 is 0. The van der Waals surface area contributed by atoms with Crippen LogP contribution in [-0.2, 0) is 18.3 Å². The van der Waals surface area contributed by atoms with Crippen LogP contribution in [0.1, 0.15) is 24.5 Å². The lowest BCUT2D eigenvalue weighted by Gasteiger charge is -2.16. The Hall–Kier alpha value is -1.82. The highest BCUT2D eigenvalue weighted by molar-refractivity contribution is 5.30. The summed E-state index contributed by atoms with van der Waals surface area (Å²) in [5.41, 5.74) is 0.991. The van der Waals surface area contributed by atoms with Crippen molar-refractivity contribution in [2.75, 3.05) is 19.0 Å². The van der Waals surface area contributed by atoms with Gasteiger partial charge in [-0.25, -0.2) is 9.97 Å². The zero-order valence-electron chi connectivity index (χ0n) is 11.9. The molecular weight excluding hydrogens is 242 g/mol. The van der Waals surface area contributed by atoms with Gasteiger partial charge in [-0.1, -0.05) is 0 Å². The zero-order chi connectivity index (χ0) is 13.8. The predicted octanol–water partition coefficient (Wildman–Crippen LogP) is 1.74. The molecule has 2 aromatic heterocycles. The molecule has 104 valence electrons. The van der Waals surface area contributed by atoms with E-state index < -0.39 is 0 Å². The first-order valence-corrected chi connectivity index (χ1v) is 6.36. The fourth-order valence-corrected chi connectivity index (χ4v) is 2.03. The highest BCUT2D eigenvalue weighted by Gasteiger charge is 2.12. The molecule has 1 atom stereocenters. The monoisotopic (exact) mass is 263 g/mol. The molecule has 1 unspecified atom stereocenters. The van der Waals surface area contributed by atoms with Gasteiger partial charge < -0.3 is 19.2 Å². The fourth-order valence-electron chi connectivity index (χ4n) is 2.03. The average Bonchev–Trinajstić information content (AvgIpc) is 2.93. The first-order chi connectivity index (χ1) is 9.11. The van der Waals surface area contributed by atoms with Gasteiger partial charge >= 0.3 is 0 Å². The molecule has 0 fully saturated rings. The molecule has 0 spiro atoms. The normalized spacial score (nSPS) is 12.6. The van der Waals surface area contributed by atoms with E-state index in [-0.39, 0.29) is 6.04 Å². The van der Waals surface area contributed by atoms with E-state index in [4.69, 9.17) is 4.74 Å². The number of ether oxygens (including phenoxy) is 1. The second-order valence-electron chi connectivity index (χ2n) is 4.73. The van der Waals surface area contributed by atoms with E-state index in [1.54, 1.807) is 13.3 Å². The summed E-state index contributed by atoms with van der Waals surface area (Å²) in [5.74, 6) is 1.83. The van der Waals surface area contributed by atoms with E-state index in [0.29, 0.717) is 13.2 Å². The molecule has 0 radical (unpaired) electrons. The molecule has 0 aliphatic heterocycles. The SMILES string of the molecule is COCC(C)n1cc(C)nc1NCc1nccn1C. The average molecular weight is 263 g/mol. The molecule has 0 saturated carbocycles. The molecule has 19 heavy (non-hydrogen) atoms. The van der Waals surface area contributed by atoms with Crippen LogP contribution in [0.25, 0.3) is 0 Å². The minimum Gasteiger partial charge on any atom is -0.383 e. The summed E-state index contributed by atoms with van der Waals surface area (Å²) in [6.07, 6.45) is 5.76. The van der Waals surface area contributed by atoms with E-state index in [9.17, 15) is 0 Å². The lowest BCUT2D eigenvalue weighted by Crippen LogP contribution is -2.15. The molecule has 0 aliphatic carbocycles. The lowest BCUT2D eigenvalue weighted by atomic mass is 10.3. The molecule has 6 nitrogen and oxygen atoms in total. The van der Waals surface area contributed by atoms with Crippen LogP contribution in [0.3, 0.4) is 0 Å². The van der Waals surface area contributed by atoms with Gasteiger partial charge in [0.25, 0.3) is 0 Å². The minimum atomic E-state index is 0.245. The largest absolute Gasteiger partial charge is 0.383 e. The highest BCUT2D eigenvalue weighted by Crippen LogP contribution is 2.16. The molecular formula is C13H21N5O. The molecule has 0 aliphatic rings. The number of nitrogens with zero attached hydrogens (tertiary/aromatic N) is 4. The standard InChI is InChI=1S/C13H21N5O/c1-10-8-18(11(2)9-19-4)13(16-10)15-7-12-14-5-6-17(12)3/h5-6,8,11H,7,9H2,1-4H3,(H,15,16). The molecule has 2 heterocycles. The molecule has 0 saturated heterocycles. The van der Waals surface area contributed by atoms with Crippen molar-refractivity contribution in [1.29, 1.82) is 0 Å². The van der Waals surface area contributed by atoms with Crippen molar-refractivity contribution in [2.45, 2.75) is 26.4 Å². The highest BCUT2D eigenvalue weighted by atomic mass is 16.5. The maximum Gasteiger partial charge on any atom is 0.203 e. The van der Waals surface area contributed by atoms with E-state index in [0.717, 1.165) is 17.5 Å². The lowest BCUT2D eigenvalue weighted by molar-refractivity contribution is 0.163. The van der Waals surface area contributed by atoms with Gasteiger partial charge in [-0.2, -0.15) is 0 Å². The summed E-state index contributed by atoms with van der Waals surface area (Å²) in [6, 6.07) is 0.245. The third kappa shape index (κ3) is 3.14. The van der Waals surface area contributed by atoms with Crippen molar-refractivity contribution in [3.63, 3.8) is 0 Å². The Labute approximate surface area is 113 Å². The molecule has 0 amide bonds. The quantitative estimate of drug-likeness (QED) is 0.862. The van der Waals surface area contributed by atoms with Gasteiger partial charge in [0.05, 0.1) is 24.9 Å². The van der Waals surface area contributed by atoms with Crippen molar-refractivity contribution in [2.24, 2.45) is 7.05 Å². The summed E-state index contributed by atoms with van der Waals surface area (Å²) in [6.45, 7) is 5.41. The van der Waals surface area contributed by atoms with Crippen LogP contribution in [0.2, 0.25) is 0 Å². The number of anilines is 1. The first-order valence-electron chi connectivity index (χ1n) is 6.36. The first kappa shape index (κ1) is 13.6. The van der Waals surface area contributed by atoms with E-state index in [2.05, 4.69) is 26.8 Å². The van der Waals surface area contributed by atoms with E-state index in [1.807, 2.05) is 30.9 Å². The van der Waals surface area contributed by atoms with Crippen LogP contribution in [0.4, 0.5) is 5.95 Å². The Balaban J connectivity index is 2.09. The number of hydrogen-bond donors (Lipinski definition) is 1. The number of rotatable bonds is 6. The molecule has 2 rings (SSSR count). The number of aromatic nitrogens is 4. The van der Waals surface area contributed by atoms with Crippen molar-refractivity contribution >= 4 is 5.95 Å². The summed E-state index contributed by atoms with van der Waals surface area (Å²) in [7, 11) is 3.69. The molecule has 1 N–H and O–H groups in total. The Morgan fingerprint density at radius 2 is 2.26 bits per heavy atom. The van der Waals surface area contributed by atoms with Crippen LogP contribution in [-0.4, -0.2) is 32.8 Å². The smallest absolute Gasteiger partial charge is 0.203 e. The van der Waals surface area contributed by atoms with Gasteiger partial charge in [-0.15, -0.1) is 0 Å². The van der Waals surface area contributed by atoms with Crippen molar-refractivity contribution in [1.82, 2.24) is 19.1 Å². The minimum absolute atomic E-state index is 0.245. The summed E-state index contributed by atoms with van der Waals surface area (Å²) < 4.78 is 9.29. The number of nitrogens with one attached hydrogen (secondary N) is 1. The van der Waals surface area contributed by atoms with Crippen molar-refractivity contribution < 1.29 is 4.74 Å². The number of aryl methyl sites for hydroxylation is 2. The topological polar surface area (TPSA) is 56.9 Å². The third-order valence-corrected chi connectivity index (χ3v) is 3.06. The Morgan fingerprint density at radius 3 is 2.89 bits per heavy atom. The van der Waals surface area contributed by atoms with Crippen LogP contribution in [0.15, 0.2) is 18.6 Å². The Kier molecular flexibility index (Phi) is 4.21. The Morgan fingerprint density at radius 1 is 1.47 bits per heavy atom. The number of hydrogen-bond acceptors (Lipinski definition) is 4. The van der Waals surface area contributed by atoms with Gasteiger partial charge in [0.1, 0.15) is 5.82 Å². The zero-order valence-corrected chi connectivity index (χ0v) is 11.9. The number of methoxy groups -OCH3 is 1. The van der Waals surface area contributed by atoms with Crippen molar-refractivity contribution in [3.05, 3.63) is 30.1 Å². The van der Waals surface area contributed by atoms with Gasteiger partial charge in [0, 0.05) is 32.7 Å². The molecule has 0 bridgehead atoms. The molecule has 2 aromatic rings. The van der Waals surface area contributed by atoms with Gasteiger partial charge in [0.15, 0.2) is 0 Å². The molecule has 0 aromatic carbocycles. The van der Waals surface area contributed by atoms with E-state index in [1.165, 1.54) is 0 Å². The Bertz CT molecular complexity index is 531. The maximum absolute atomic E-state index is 5.20. The van der Waals surface area contributed by atoms with Gasteiger partial charge in [-0.05, 0) is 13.8 Å². The third-order valence-electron chi connectivity index (χ3n) is 3.06. The van der Waals surface area contributed by atoms with Crippen molar-refractivity contribution in [3.8, 4) is 0 Å². The number of imidazole rings is 2. The van der Waals surface area contributed by atoms with Gasteiger partial charge in [-0.3, -0.25) is 0 Å². The van der Waals surface area contributed by atoms with Crippen LogP contribution < -0.4 is 5.32 Å². The molecule has 6 heteroatoms. The van der Waals surface area contributed by atoms with Gasteiger partial charge in [0.2, 0.25) is 5.95 Å². The second-order valence-corrected chi connectivity index (χ2v) is 4.73. The van der Waals surface area contributed by atoms with Crippen LogP contribution >= 0.6 is 0 Å². The van der Waals surface area contributed by atoms with E-state index >= 15 is 0 Å². The fraction of sp³-hybridized carbons (Fsp3) is 0.538. The van der Waals surface area contributed by atoms with Crippen LogP contribution in [0, 0.1) is 6.92 Å². The summed E-state index contributed by atoms with van der Waals surface area (Å²) in [4.78, 5) is 8.79. The second kappa shape index (κ2) is 5.88. The predicted molar refractivity (Wildman–Crippen MR) is 74.1 cm³/mol.